The molecule has 0 radical (unpaired) electrons. The molecule has 2 aromatic rings. The monoisotopic (exact) mass is 231 g/mol. The molecule has 0 aliphatic heterocycles. The van der Waals surface area contributed by atoms with E-state index in [2.05, 4.69) is 34.2 Å². The first-order valence-corrected chi connectivity index (χ1v) is 5.78. The fraction of sp³-hybridized carbons (Fsp3) is 0.417. The molecule has 0 unspecified atom stereocenters. The molecule has 17 heavy (non-hydrogen) atoms. The largest absolute Gasteiger partial charge is 0.306 e. The molecule has 5 heteroatoms. The van der Waals surface area contributed by atoms with Gasteiger partial charge in [0.25, 0.3) is 0 Å². The third-order valence-electron chi connectivity index (χ3n) is 2.74. The molecule has 90 valence electrons. The van der Waals surface area contributed by atoms with E-state index < -0.39 is 0 Å². The van der Waals surface area contributed by atoms with Gasteiger partial charge >= 0.3 is 0 Å². The molecule has 0 amide bonds. The normalized spacial score (nSPS) is 10.7. The lowest BCUT2D eigenvalue weighted by Gasteiger charge is -2.07. The Labute approximate surface area is 101 Å². The second-order valence-corrected chi connectivity index (χ2v) is 3.90. The minimum atomic E-state index is 0.724. The molecule has 0 saturated heterocycles. The van der Waals surface area contributed by atoms with Crippen LogP contribution in [0.15, 0.2) is 24.8 Å². The zero-order chi connectivity index (χ0) is 12.1. The molecule has 0 atom stereocenters. The van der Waals surface area contributed by atoms with E-state index in [1.165, 1.54) is 11.1 Å². The average Bonchev–Trinajstić information content (AvgIpc) is 2.79. The van der Waals surface area contributed by atoms with Crippen LogP contribution in [0.3, 0.4) is 0 Å². The first-order valence-electron chi connectivity index (χ1n) is 5.78. The van der Waals surface area contributed by atoms with Gasteiger partial charge in [-0.25, -0.2) is 9.67 Å². The number of rotatable bonds is 5. The van der Waals surface area contributed by atoms with Gasteiger partial charge in [0.05, 0.1) is 6.54 Å². The first-order chi connectivity index (χ1) is 8.31. The molecule has 2 heterocycles. The summed E-state index contributed by atoms with van der Waals surface area (Å²) in [6.45, 7) is 6.53. The van der Waals surface area contributed by atoms with Gasteiger partial charge in [0, 0.05) is 25.5 Å². The highest BCUT2D eigenvalue weighted by atomic mass is 15.3. The standard InChI is InChI=1S/C12H17N5/c1-3-17-12(15-9-16-17)8-14-7-11-6-13-5-4-10(11)2/h4-6,9,14H,3,7-8H2,1-2H3. The van der Waals surface area contributed by atoms with Crippen LogP contribution in [0.1, 0.15) is 23.9 Å². The van der Waals surface area contributed by atoms with Crippen LogP contribution in [-0.2, 0) is 19.6 Å². The Bertz CT molecular complexity index is 477. The van der Waals surface area contributed by atoms with Gasteiger partial charge in [-0.05, 0) is 31.0 Å². The van der Waals surface area contributed by atoms with Crippen LogP contribution in [0.2, 0.25) is 0 Å². The summed E-state index contributed by atoms with van der Waals surface area (Å²) < 4.78 is 1.89. The van der Waals surface area contributed by atoms with Crippen LogP contribution in [0.25, 0.3) is 0 Å². The lowest BCUT2D eigenvalue weighted by Crippen LogP contribution is -2.17. The van der Waals surface area contributed by atoms with Crippen molar-refractivity contribution in [2.45, 2.75) is 33.5 Å². The van der Waals surface area contributed by atoms with E-state index in [0.717, 1.165) is 25.5 Å². The number of nitrogens with zero attached hydrogens (tertiary/aromatic N) is 4. The minimum Gasteiger partial charge on any atom is -0.306 e. The molecular weight excluding hydrogens is 214 g/mol. The summed E-state index contributed by atoms with van der Waals surface area (Å²) in [5, 5.41) is 7.49. The highest BCUT2D eigenvalue weighted by Crippen LogP contribution is 2.04. The van der Waals surface area contributed by atoms with E-state index in [-0.39, 0.29) is 0 Å². The zero-order valence-corrected chi connectivity index (χ0v) is 10.2. The highest BCUT2D eigenvalue weighted by molar-refractivity contribution is 5.20. The van der Waals surface area contributed by atoms with E-state index in [1.807, 2.05) is 23.1 Å². The van der Waals surface area contributed by atoms with Gasteiger partial charge in [0.1, 0.15) is 12.2 Å². The lowest BCUT2D eigenvalue weighted by molar-refractivity contribution is 0.571. The van der Waals surface area contributed by atoms with E-state index in [0.29, 0.717) is 0 Å². The summed E-state index contributed by atoms with van der Waals surface area (Å²) in [4.78, 5) is 8.34. The lowest BCUT2D eigenvalue weighted by atomic mass is 10.1. The fourth-order valence-electron chi connectivity index (χ4n) is 1.68. The fourth-order valence-corrected chi connectivity index (χ4v) is 1.68. The summed E-state index contributed by atoms with van der Waals surface area (Å²) in [5.74, 6) is 0.967. The van der Waals surface area contributed by atoms with Gasteiger partial charge in [-0.15, -0.1) is 0 Å². The average molecular weight is 231 g/mol. The van der Waals surface area contributed by atoms with Crippen molar-refractivity contribution >= 4 is 0 Å². The second kappa shape index (κ2) is 5.54. The Hall–Kier alpha value is -1.75. The number of hydrogen-bond donors (Lipinski definition) is 1. The van der Waals surface area contributed by atoms with Crippen LogP contribution in [0.4, 0.5) is 0 Å². The van der Waals surface area contributed by atoms with Gasteiger partial charge < -0.3 is 5.32 Å². The molecule has 2 aromatic heterocycles. The quantitative estimate of drug-likeness (QED) is 0.842. The molecule has 0 bridgehead atoms. The Morgan fingerprint density at radius 2 is 2.24 bits per heavy atom. The van der Waals surface area contributed by atoms with Crippen molar-refractivity contribution in [3.63, 3.8) is 0 Å². The molecule has 0 saturated carbocycles. The predicted molar refractivity (Wildman–Crippen MR) is 65.2 cm³/mol. The summed E-state index contributed by atoms with van der Waals surface area (Å²) in [5.41, 5.74) is 2.47. The molecule has 0 aliphatic carbocycles. The zero-order valence-electron chi connectivity index (χ0n) is 10.2. The van der Waals surface area contributed by atoms with Gasteiger partial charge in [-0.3, -0.25) is 4.98 Å². The Kier molecular flexibility index (Phi) is 3.82. The second-order valence-electron chi connectivity index (χ2n) is 3.90. The summed E-state index contributed by atoms with van der Waals surface area (Å²) >= 11 is 0. The van der Waals surface area contributed by atoms with Crippen LogP contribution < -0.4 is 5.32 Å². The molecule has 0 aromatic carbocycles. The van der Waals surface area contributed by atoms with Crippen LogP contribution in [0, 0.1) is 6.92 Å². The Morgan fingerprint density at radius 3 is 3.00 bits per heavy atom. The number of pyridine rings is 1. The van der Waals surface area contributed by atoms with Crippen molar-refractivity contribution in [2.75, 3.05) is 0 Å². The Balaban J connectivity index is 1.90. The first kappa shape index (κ1) is 11.7. The van der Waals surface area contributed by atoms with Crippen molar-refractivity contribution in [1.82, 2.24) is 25.1 Å². The van der Waals surface area contributed by atoms with E-state index in [4.69, 9.17) is 0 Å². The molecule has 0 spiro atoms. The van der Waals surface area contributed by atoms with Gasteiger partial charge in [0.15, 0.2) is 0 Å². The number of aryl methyl sites for hydroxylation is 2. The maximum absolute atomic E-state index is 4.21. The van der Waals surface area contributed by atoms with Crippen molar-refractivity contribution in [2.24, 2.45) is 0 Å². The van der Waals surface area contributed by atoms with E-state index in [1.54, 1.807) is 6.33 Å². The summed E-state index contributed by atoms with van der Waals surface area (Å²) in [6, 6.07) is 2.02. The van der Waals surface area contributed by atoms with Crippen molar-refractivity contribution in [3.05, 3.63) is 41.7 Å². The topological polar surface area (TPSA) is 55.6 Å². The summed E-state index contributed by atoms with van der Waals surface area (Å²) in [7, 11) is 0. The van der Waals surface area contributed by atoms with Crippen molar-refractivity contribution < 1.29 is 0 Å². The number of aromatic nitrogens is 4. The smallest absolute Gasteiger partial charge is 0.140 e. The molecule has 1 N–H and O–H groups in total. The maximum Gasteiger partial charge on any atom is 0.140 e. The highest BCUT2D eigenvalue weighted by Gasteiger charge is 2.02. The number of nitrogens with one attached hydrogen (secondary N) is 1. The SMILES string of the molecule is CCn1ncnc1CNCc1cnccc1C. The van der Waals surface area contributed by atoms with Crippen molar-refractivity contribution in [3.8, 4) is 0 Å². The van der Waals surface area contributed by atoms with Crippen LogP contribution in [-0.4, -0.2) is 19.7 Å². The van der Waals surface area contributed by atoms with E-state index >= 15 is 0 Å². The van der Waals surface area contributed by atoms with Gasteiger partial charge in [-0.2, -0.15) is 5.10 Å². The number of hydrogen-bond acceptors (Lipinski definition) is 4. The molecule has 0 fully saturated rings. The summed E-state index contributed by atoms with van der Waals surface area (Å²) in [6.07, 6.45) is 5.30. The maximum atomic E-state index is 4.21. The molecule has 5 nitrogen and oxygen atoms in total. The van der Waals surface area contributed by atoms with Gasteiger partial charge in [0.2, 0.25) is 0 Å². The van der Waals surface area contributed by atoms with Gasteiger partial charge in [-0.1, -0.05) is 0 Å². The third-order valence-corrected chi connectivity index (χ3v) is 2.74. The molecular formula is C12H17N5. The van der Waals surface area contributed by atoms with E-state index in [9.17, 15) is 0 Å². The third kappa shape index (κ3) is 2.88. The molecule has 0 aliphatic rings. The minimum absolute atomic E-state index is 0.724. The predicted octanol–water partition coefficient (Wildman–Crippen LogP) is 1.29. The van der Waals surface area contributed by atoms with Crippen LogP contribution >= 0.6 is 0 Å². The molecule has 2 rings (SSSR count). The Morgan fingerprint density at radius 1 is 1.35 bits per heavy atom. The van der Waals surface area contributed by atoms with Crippen molar-refractivity contribution in [1.29, 1.82) is 0 Å². The van der Waals surface area contributed by atoms with Crippen LogP contribution in [0.5, 0.6) is 0 Å².